The lowest BCUT2D eigenvalue weighted by molar-refractivity contribution is -0.153. The van der Waals surface area contributed by atoms with Crippen LogP contribution in [0.5, 0.6) is 11.5 Å². The Morgan fingerprint density at radius 1 is 1.19 bits per heavy atom. The Morgan fingerprint density at radius 3 is 2.70 bits per heavy atom. The van der Waals surface area contributed by atoms with Crippen LogP contribution in [0.3, 0.4) is 0 Å². The fraction of sp³-hybridized carbons (Fsp3) is 0.632. The summed E-state index contributed by atoms with van der Waals surface area (Å²) in [4.78, 5) is 5.61. The van der Waals surface area contributed by atoms with Gasteiger partial charge in [0.15, 0.2) is 23.7 Å². The Kier molecular flexibility index (Phi) is 4.92. The van der Waals surface area contributed by atoms with Crippen LogP contribution >= 0.6 is 0 Å². The number of oxime groups is 1. The van der Waals surface area contributed by atoms with Crippen LogP contribution in [0.15, 0.2) is 23.4 Å². The molecule has 2 aliphatic heterocycles. The van der Waals surface area contributed by atoms with Gasteiger partial charge in [0.05, 0.1) is 25.0 Å². The van der Waals surface area contributed by atoms with E-state index in [1.807, 2.05) is 0 Å². The summed E-state index contributed by atoms with van der Waals surface area (Å²) < 4.78 is 54.0. The van der Waals surface area contributed by atoms with Crippen LogP contribution in [-0.4, -0.2) is 43.4 Å². The molecule has 4 rings (SSSR count). The highest BCUT2D eigenvalue weighted by molar-refractivity contribution is 6.02. The first kappa shape index (κ1) is 18.4. The van der Waals surface area contributed by atoms with Gasteiger partial charge in [0.25, 0.3) is 0 Å². The average Bonchev–Trinajstić information content (AvgIpc) is 3.37. The molecule has 0 amide bonds. The molecule has 8 heteroatoms. The van der Waals surface area contributed by atoms with Crippen LogP contribution in [-0.2, 0) is 9.57 Å². The Bertz CT molecular complexity index is 707. The molecule has 1 saturated heterocycles. The van der Waals surface area contributed by atoms with Crippen molar-refractivity contribution >= 4 is 5.71 Å². The summed E-state index contributed by atoms with van der Waals surface area (Å²) in [6.45, 7) is -0.209. The molecule has 2 fully saturated rings. The molecule has 3 aliphatic rings. The molecule has 1 spiro atoms. The molecule has 1 atom stereocenters. The molecule has 1 saturated carbocycles. The highest BCUT2D eigenvalue weighted by atomic mass is 19.4. The molecule has 148 valence electrons. The highest BCUT2D eigenvalue weighted by Gasteiger charge is 2.43. The number of halogens is 3. The minimum Gasteiger partial charge on any atom is -0.487 e. The van der Waals surface area contributed by atoms with Crippen LogP contribution < -0.4 is 9.47 Å². The minimum absolute atomic E-state index is 0.00447. The van der Waals surface area contributed by atoms with Gasteiger partial charge in [0, 0.05) is 18.4 Å². The fourth-order valence-corrected chi connectivity index (χ4v) is 3.72. The predicted octanol–water partition coefficient (Wildman–Crippen LogP) is 4.23. The van der Waals surface area contributed by atoms with Crippen molar-refractivity contribution in [3.63, 3.8) is 0 Å². The van der Waals surface area contributed by atoms with E-state index in [1.54, 1.807) is 12.1 Å². The number of alkyl halides is 3. The summed E-state index contributed by atoms with van der Waals surface area (Å²) in [5.74, 6) is 0.427. The SMILES string of the molecule is FC(F)(F)COc1ccc(C2=NOC3(CCOC3)C2)cc1OC1CCCC1. The smallest absolute Gasteiger partial charge is 0.422 e. The second-order valence-corrected chi connectivity index (χ2v) is 7.38. The number of nitrogens with zero attached hydrogens (tertiary/aromatic N) is 1. The zero-order valence-corrected chi connectivity index (χ0v) is 14.9. The Morgan fingerprint density at radius 2 is 2.00 bits per heavy atom. The standard InChI is InChI=1S/C19H22F3NO4/c20-19(21,22)12-25-16-6-5-13(9-17(16)26-14-3-1-2-4-14)15-10-18(27-23-15)7-8-24-11-18/h5-6,9,14H,1-4,7-8,10-12H2. The van der Waals surface area contributed by atoms with Gasteiger partial charge in [-0.1, -0.05) is 5.16 Å². The van der Waals surface area contributed by atoms with Gasteiger partial charge in [-0.15, -0.1) is 0 Å². The van der Waals surface area contributed by atoms with E-state index in [-0.39, 0.29) is 11.9 Å². The van der Waals surface area contributed by atoms with Gasteiger partial charge in [-0.05, 0) is 43.9 Å². The van der Waals surface area contributed by atoms with Gasteiger partial charge in [0.2, 0.25) is 0 Å². The van der Waals surface area contributed by atoms with Gasteiger partial charge in [-0.2, -0.15) is 13.2 Å². The van der Waals surface area contributed by atoms with Crippen molar-refractivity contribution in [1.82, 2.24) is 0 Å². The maximum Gasteiger partial charge on any atom is 0.422 e. The highest BCUT2D eigenvalue weighted by Crippen LogP contribution is 2.37. The molecule has 1 unspecified atom stereocenters. The first-order valence-corrected chi connectivity index (χ1v) is 9.26. The summed E-state index contributed by atoms with van der Waals surface area (Å²) in [5.41, 5.74) is 1.11. The zero-order chi connectivity index (χ0) is 18.9. The quantitative estimate of drug-likeness (QED) is 0.761. The first-order chi connectivity index (χ1) is 12.9. The van der Waals surface area contributed by atoms with Crippen LogP contribution in [0.4, 0.5) is 13.2 Å². The molecule has 2 heterocycles. The van der Waals surface area contributed by atoms with Crippen LogP contribution in [0.2, 0.25) is 0 Å². The molecule has 0 bridgehead atoms. The van der Waals surface area contributed by atoms with E-state index in [4.69, 9.17) is 19.0 Å². The first-order valence-electron chi connectivity index (χ1n) is 9.26. The predicted molar refractivity (Wildman–Crippen MR) is 91.3 cm³/mol. The number of ether oxygens (including phenoxy) is 3. The van der Waals surface area contributed by atoms with E-state index in [9.17, 15) is 13.2 Å². The summed E-state index contributed by atoms with van der Waals surface area (Å²) in [5, 5.41) is 4.19. The van der Waals surface area contributed by atoms with Gasteiger partial charge < -0.3 is 19.0 Å². The molecule has 27 heavy (non-hydrogen) atoms. The largest absolute Gasteiger partial charge is 0.487 e. The topological polar surface area (TPSA) is 49.3 Å². The van der Waals surface area contributed by atoms with E-state index < -0.39 is 18.4 Å². The molecule has 0 radical (unpaired) electrons. The molecule has 5 nitrogen and oxygen atoms in total. The summed E-state index contributed by atoms with van der Waals surface area (Å²) in [6.07, 6.45) is 0.905. The van der Waals surface area contributed by atoms with Crippen LogP contribution in [0.1, 0.15) is 44.1 Å². The van der Waals surface area contributed by atoms with Crippen molar-refractivity contribution in [2.24, 2.45) is 5.16 Å². The number of rotatable bonds is 5. The summed E-state index contributed by atoms with van der Waals surface area (Å²) >= 11 is 0. The van der Waals surface area contributed by atoms with Crippen molar-refractivity contribution in [1.29, 1.82) is 0 Å². The third-order valence-electron chi connectivity index (χ3n) is 5.17. The monoisotopic (exact) mass is 385 g/mol. The van der Waals surface area contributed by atoms with Crippen molar-refractivity contribution < 1.29 is 32.2 Å². The third kappa shape index (κ3) is 4.31. The third-order valence-corrected chi connectivity index (χ3v) is 5.17. The Balaban J connectivity index is 1.54. The van der Waals surface area contributed by atoms with Crippen molar-refractivity contribution in [3.8, 4) is 11.5 Å². The zero-order valence-electron chi connectivity index (χ0n) is 14.9. The molecule has 1 aromatic rings. The molecule has 0 aromatic heterocycles. The molecule has 1 aromatic carbocycles. The molecule has 0 N–H and O–H groups in total. The van der Waals surface area contributed by atoms with Crippen molar-refractivity contribution in [2.75, 3.05) is 19.8 Å². The van der Waals surface area contributed by atoms with E-state index in [0.29, 0.717) is 25.4 Å². The van der Waals surface area contributed by atoms with E-state index in [0.717, 1.165) is 43.4 Å². The number of hydrogen-bond acceptors (Lipinski definition) is 5. The second kappa shape index (κ2) is 7.22. The lowest BCUT2D eigenvalue weighted by Crippen LogP contribution is -2.29. The van der Waals surface area contributed by atoms with E-state index in [2.05, 4.69) is 5.16 Å². The average molecular weight is 385 g/mol. The fourth-order valence-electron chi connectivity index (χ4n) is 3.72. The Hall–Kier alpha value is -1.96. The van der Waals surface area contributed by atoms with E-state index in [1.165, 1.54) is 6.07 Å². The number of benzene rings is 1. The minimum atomic E-state index is -4.40. The maximum absolute atomic E-state index is 12.6. The van der Waals surface area contributed by atoms with Crippen molar-refractivity contribution in [2.45, 2.75) is 56.4 Å². The van der Waals surface area contributed by atoms with Crippen LogP contribution in [0, 0.1) is 0 Å². The summed E-state index contributed by atoms with van der Waals surface area (Å²) in [7, 11) is 0. The maximum atomic E-state index is 12.6. The Labute approximate surface area is 155 Å². The van der Waals surface area contributed by atoms with Gasteiger partial charge >= 0.3 is 6.18 Å². The van der Waals surface area contributed by atoms with E-state index >= 15 is 0 Å². The molecular weight excluding hydrogens is 363 g/mol. The van der Waals surface area contributed by atoms with Crippen molar-refractivity contribution in [3.05, 3.63) is 23.8 Å². The van der Waals surface area contributed by atoms with Crippen LogP contribution in [0.25, 0.3) is 0 Å². The molecular formula is C19H22F3NO4. The number of hydrogen-bond donors (Lipinski definition) is 0. The lowest BCUT2D eigenvalue weighted by atomic mass is 9.93. The molecule has 1 aliphatic carbocycles. The lowest BCUT2D eigenvalue weighted by Gasteiger charge is -2.19. The second-order valence-electron chi connectivity index (χ2n) is 7.38. The van der Waals surface area contributed by atoms with Gasteiger partial charge in [0.1, 0.15) is 0 Å². The van der Waals surface area contributed by atoms with Gasteiger partial charge in [-0.25, -0.2) is 0 Å². The normalized spacial score (nSPS) is 25.7. The van der Waals surface area contributed by atoms with Gasteiger partial charge in [-0.3, -0.25) is 0 Å². The summed E-state index contributed by atoms with van der Waals surface area (Å²) in [6, 6.07) is 4.93.